The summed E-state index contributed by atoms with van der Waals surface area (Å²) in [7, 11) is 0. The molecule has 1 unspecified atom stereocenters. The summed E-state index contributed by atoms with van der Waals surface area (Å²) in [5.41, 5.74) is 3.14. The fourth-order valence-corrected chi connectivity index (χ4v) is 6.70. The molecule has 1 atom stereocenters. The van der Waals surface area contributed by atoms with Crippen molar-refractivity contribution in [3.8, 4) is 11.4 Å². The largest absolute Gasteiger partial charge is 0.376 e. The number of ketones is 1. The second kappa shape index (κ2) is 9.02. The van der Waals surface area contributed by atoms with Gasteiger partial charge in [0.1, 0.15) is 0 Å². The number of H-pyrrole nitrogens is 1. The molecule has 0 bridgehead atoms. The molecule has 0 saturated carbocycles. The molecule has 3 aromatic heterocycles. The molecule has 0 aliphatic carbocycles. The number of benzene rings is 2. The summed E-state index contributed by atoms with van der Waals surface area (Å²) >= 11 is 3.03. The number of aromatic nitrogens is 4. The lowest BCUT2D eigenvalue weighted by atomic mass is 10.1. The Morgan fingerprint density at radius 2 is 2.00 bits per heavy atom. The Hall–Kier alpha value is -2.94. The number of fused-ring (bicyclic) bond motifs is 2. The minimum Gasteiger partial charge on any atom is -0.376 e. The topological polar surface area (TPSA) is 72.8 Å². The first kappa shape index (κ1) is 21.6. The van der Waals surface area contributed by atoms with Gasteiger partial charge in [-0.3, -0.25) is 9.36 Å². The highest BCUT2D eigenvalue weighted by atomic mass is 32.2. The number of nitrogens with one attached hydrogen (secondary N) is 1. The van der Waals surface area contributed by atoms with Crippen LogP contribution in [-0.4, -0.2) is 44.0 Å². The number of aryl methyl sites for hydroxylation is 1. The maximum Gasteiger partial charge on any atom is 0.192 e. The lowest BCUT2D eigenvalue weighted by Crippen LogP contribution is -2.17. The molecule has 1 aliphatic heterocycles. The Morgan fingerprint density at radius 1 is 1.18 bits per heavy atom. The molecule has 34 heavy (non-hydrogen) atoms. The summed E-state index contributed by atoms with van der Waals surface area (Å²) in [5.74, 6) is 1.26. The number of ether oxygens (including phenoxy) is 1. The quantitative estimate of drug-likeness (QED) is 0.221. The minimum atomic E-state index is 0.129. The van der Waals surface area contributed by atoms with E-state index in [2.05, 4.69) is 44.0 Å². The van der Waals surface area contributed by atoms with Crippen molar-refractivity contribution in [1.82, 2.24) is 19.7 Å². The standard InChI is InChI=1S/C26H24N4O2S2/c1-16-18-8-3-5-11-23(18)34-24(16)22(31)15-33-26-29-28-25(30(26)14-17-7-6-12-32-17)20-13-27-21-10-4-2-9-19(20)21/h2-5,8-11,13,17,27H,6-7,12,14-15H2,1H3. The van der Waals surface area contributed by atoms with Crippen molar-refractivity contribution >= 4 is 49.9 Å². The first-order valence-corrected chi connectivity index (χ1v) is 13.2. The second-order valence-corrected chi connectivity index (χ2v) is 10.6. The normalized spacial score (nSPS) is 16.1. The second-order valence-electron chi connectivity index (χ2n) is 8.56. The number of thioether (sulfide) groups is 1. The number of rotatable bonds is 7. The average Bonchev–Trinajstić information content (AvgIpc) is 3.65. The number of nitrogens with zero attached hydrogens (tertiary/aromatic N) is 3. The number of thiophene rings is 1. The van der Waals surface area contributed by atoms with Crippen LogP contribution in [0, 0.1) is 6.92 Å². The van der Waals surface area contributed by atoms with E-state index in [1.165, 1.54) is 11.8 Å². The Balaban J connectivity index is 1.31. The van der Waals surface area contributed by atoms with Crippen LogP contribution in [-0.2, 0) is 11.3 Å². The SMILES string of the molecule is Cc1c(C(=O)CSc2nnc(-c3c[nH]c4ccccc34)n2CC2CCCO2)sc2ccccc12. The van der Waals surface area contributed by atoms with Crippen molar-refractivity contribution in [2.24, 2.45) is 0 Å². The molecule has 5 aromatic rings. The molecule has 6 nitrogen and oxygen atoms in total. The zero-order chi connectivity index (χ0) is 23.1. The van der Waals surface area contributed by atoms with E-state index in [4.69, 9.17) is 4.74 Å². The van der Waals surface area contributed by atoms with E-state index in [0.717, 1.165) is 67.4 Å². The first-order valence-electron chi connectivity index (χ1n) is 11.4. The molecule has 4 heterocycles. The van der Waals surface area contributed by atoms with E-state index in [0.29, 0.717) is 12.3 Å². The van der Waals surface area contributed by atoms with Gasteiger partial charge in [-0.05, 0) is 42.8 Å². The lowest BCUT2D eigenvalue weighted by Gasteiger charge is -2.14. The molecule has 8 heteroatoms. The summed E-state index contributed by atoms with van der Waals surface area (Å²) in [6, 6.07) is 16.4. The van der Waals surface area contributed by atoms with Crippen LogP contribution in [0.4, 0.5) is 0 Å². The molecule has 1 saturated heterocycles. The van der Waals surface area contributed by atoms with E-state index in [1.807, 2.05) is 37.4 Å². The van der Waals surface area contributed by atoms with Crippen LogP contribution >= 0.6 is 23.1 Å². The molecule has 172 valence electrons. The smallest absolute Gasteiger partial charge is 0.192 e. The maximum absolute atomic E-state index is 13.2. The van der Waals surface area contributed by atoms with Gasteiger partial charge < -0.3 is 9.72 Å². The summed E-state index contributed by atoms with van der Waals surface area (Å²) in [5, 5.41) is 12.1. The molecule has 1 fully saturated rings. The summed E-state index contributed by atoms with van der Waals surface area (Å²) < 4.78 is 9.20. The Morgan fingerprint density at radius 3 is 2.82 bits per heavy atom. The highest BCUT2D eigenvalue weighted by Gasteiger charge is 2.24. The number of carbonyl (C=O) groups excluding carboxylic acids is 1. The molecule has 1 aliphatic rings. The predicted molar refractivity (Wildman–Crippen MR) is 138 cm³/mol. The molecular formula is C26H24N4O2S2. The van der Waals surface area contributed by atoms with Gasteiger partial charge in [-0.2, -0.15) is 0 Å². The number of hydrogen-bond acceptors (Lipinski definition) is 6. The number of aromatic amines is 1. The Labute approximate surface area is 205 Å². The molecule has 0 amide bonds. The van der Waals surface area contributed by atoms with Crippen molar-refractivity contribution in [2.45, 2.75) is 37.6 Å². The summed E-state index contributed by atoms with van der Waals surface area (Å²) in [4.78, 5) is 17.3. The fraction of sp³-hybridized carbons (Fsp3) is 0.269. The molecule has 0 spiro atoms. The zero-order valence-corrected chi connectivity index (χ0v) is 20.4. The van der Waals surface area contributed by atoms with Gasteiger partial charge in [0.25, 0.3) is 0 Å². The summed E-state index contributed by atoms with van der Waals surface area (Å²) in [6.07, 6.45) is 4.22. The lowest BCUT2D eigenvalue weighted by molar-refractivity contribution is 0.0953. The monoisotopic (exact) mass is 488 g/mol. The fourth-order valence-electron chi connectivity index (χ4n) is 4.64. The van der Waals surface area contributed by atoms with Crippen LogP contribution in [0.15, 0.2) is 59.9 Å². The Bertz CT molecular complexity index is 1490. The van der Waals surface area contributed by atoms with E-state index in [9.17, 15) is 4.79 Å². The van der Waals surface area contributed by atoms with Crippen molar-refractivity contribution in [2.75, 3.05) is 12.4 Å². The van der Waals surface area contributed by atoms with E-state index in [-0.39, 0.29) is 11.9 Å². The first-order chi connectivity index (χ1) is 16.7. The minimum absolute atomic E-state index is 0.129. The van der Waals surface area contributed by atoms with E-state index < -0.39 is 0 Å². The van der Waals surface area contributed by atoms with Crippen molar-refractivity contribution in [3.63, 3.8) is 0 Å². The highest BCUT2D eigenvalue weighted by molar-refractivity contribution is 7.99. The van der Waals surface area contributed by atoms with Gasteiger partial charge in [-0.15, -0.1) is 21.5 Å². The molecule has 2 aromatic carbocycles. The van der Waals surface area contributed by atoms with Gasteiger partial charge in [-0.1, -0.05) is 48.2 Å². The van der Waals surface area contributed by atoms with E-state index >= 15 is 0 Å². The van der Waals surface area contributed by atoms with Gasteiger partial charge in [0, 0.05) is 34.0 Å². The Kier molecular flexibility index (Phi) is 5.72. The number of carbonyl (C=O) groups is 1. The van der Waals surface area contributed by atoms with Crippen LogP contribution in [0.1, 0.15) is 28.1 Å². The molecule has 6 rings (SSSR count). The van der Waals surface area contributed by atoms with Gasteiger partial charge in [-0.25, -0.2) is 0 Å². The third-order valence-corrected chi connectivity index (χ3v) is 8.67. The zero-order valence-electron chi connectivity index (χ0n) is 18.8. The number of hydrogen-bond donors (Lipinski definition) is 1. The van der Waals surface area contributed by atoms with Crippen molar-refractivity contribution < 1.29 is 9.53 Å². The van der Waals surface area contributed by atoms with Crippen LogP contribution in [0.2, 0.25) is 0 Å². The number of Topliss-reactive ketones (excluding diaryl/α,β-unsaturated/α-hetero) is 1. The van der Waals surface area contributed by atoms with Gasteiger partial charge in [0.05, 0.1) is 23.3 Å². The van der Waals surface area contributed by atoms with Crippen molar-refractivity contribution in [1.29, 1.82) is 0 Å². The summed E-state index contributed by atoms with van der Waals surface area (Å²) in [6.45, 7) is 3.51. The van der Waals surface area contributed by atoms with Crippen LogP contribution in [0.3, 0.4) is 0 Å². The average molecular weight is 489 g/mol. The maximum atomic E-state index is 13.2. The van der Waals surface area contributed by atoms with Crippen molar-refractivity contribution in [3.05, 3.63) is 65.2 Å². The predicted octanol–water partition coefficient (Wildman–Crippen LogP) is 6.10. The molecule has 0 radical (unpaired) electrons. The van der Waals surface area contributed by atoms with Gasteiger partial charge >= 0.3 is 0 Å². The third-order valence-electron chi connectivity index (χ3n) is 6.39. The highest BCUT2D eigenvalue weighted by Crippen LogP contribution is 2.34. The van der Waals surface area contributed by atoms with Gasteiger partial charge in [0.15, 0.2) is 16.8 Å². The van der Waals surface area contributed by atoms with E-state index in [1.54, 1.807) is 11.3 Å². The van der Waals surface area contributed by atoms with Crippen LogP contribution < -0.4 is 0 Å². The van der Waals surface area contributed by atoms with Crippen LogP contribution in [0.5, 0.6) is 0 Å². The van der Waals surface area contributed by atoms with Crippen LogP contribution in [0.25, 0.3) is 32.4 Å². The molecule has 1 N–H and O–H groups in total. The molecular weight excluding hydrogens is 464 g/mol. The number of para-hydroxylation sites is 1. The third kappa shape index (κ3) is 3.85. The van der Waals surface area contributed by atoms with Gasteiger partial charge in [0.2, 0.25) is 0 Å².